The minimum absolute atomic E-state index is 0.170. The number of carbonyl (C=O) groups excluding carboxylic acids is 1. The second-order valence-corrected chi connectivity index (χ2v) is 5.70. The van der Waals surface area contributed by atoms with E-state index in [1.165, 1.54) is 6.21 Å². The minimum atomic E-state index is -0.579. The molecule has 1 aromatic carbocycles. The lowest BCUT2D eigenvalue weighted by Crippen LogP contribution is -2.42. The molecule has 2 heterocycles. The van der Waals surface area contributed by atoms with Crippen LogP contribution >= 0.6 is 15.9 Å². The predicted molar refractivity (Wildman–Crippen MR) is 86.7 cm³/mol. The molecule has 0 aliphatic carbocycles. The van der Waals surface area contributed by atoms with E-state index in [4.69, 9.17) is 4.74 Å². The summed E-state index contributed by atoms with van der Waals surface area (Å²) in [7, 11) is 0. The number of benzene rings is 1. The molecule has 0 saturated carbocycles. The fraction of sp³-hybridized carbons (Fsp3) is 0.286. The normalized spacial score (nSPS) is 15.3. The molecule has 0 unspecified atom stereocenters. The van der Waals surface area contributed by atoms with Gasteiger partial charge in [-0.2, -0.15) is 10.3 Å². The van der Waals surface area contributed by atoms with Crippen LogP contribution in [0.5, 0.6) is 0 Å². The first-order valence-corrected chi connectivity index (χ1v) is 7.79. The number of carbonyl (C=O) groups is 1. The molecule has 2 aromatic rings. The van der Waals surface area contributed by atoms with Crippen LogP contribution in [0.4, 0.5) is 0 Å². The number of nitrogens with one attached hydrogen (secondary N) is 1. The third kappa shape index (κ3) is 3.40. The highest BCUT2D eigenvalue weighted by molar-refractivity contribution is 9.10. The molecule has 0 bridgehead atoms. The Bertz CT molecular complexity index is 792. The van der Waals surface area contributed by atoms with E-state index >= 15 is 0 Å². The van der Waals surface area contributed by atoms with Gasteiger partial charge in [0.2, 0.25) is 5.69 Å². The highest BCUT2D eigenvalue weighted by atomic mass is 79.9. The second kappa shape index (κ2) is 6.88. The molecule has 0 radical (unpaired) electrons. The van der Waals surface area contributed by atoms with Crippen molar-refractivity contribution in [1.29, 1.82) is 0 Å². The molecule has 9 heteroatoms. The first kappa shape index (κ1) is 15.6. The monoisotopic (exact) mass is 379 g/mol. The summed E-state index contributed by atoms with van der Waals surface area (Å²) in [4.78, 5) is 27.0. The molecule has 1 amide bonds. The van der Waals surface area contributed by atoms with Crippen molar-refractivity contribution in [2.24, 2.45) is 5.10 Å². The highest BCUT2D eigenvalue weighted by Gasteiger charge is 2.24. The average molecular weight is 380 g/mol. The topological polar surface area (TPSA) is 92.6 Å². The molecule has 0 atom stereocenters. The van der Waals surface area contributed by atoms with E-state index in [9.17, 15) is 9.59 Å². The van der Waals surface area contributed by atoms with Gasteiger partial charge in [-0.1, -0.05) is 34.1 Å². The van der Waals surface area contributed by atoms with E-state index in [0.717, 1.165) is 14.8 Å². The Morgan fingerprint density at radius 1 is 1.35 bits per heavy atom. The van der Waals surface area contributed by atoms with Gasteiger partial charge in [-0.15, -0.1) is 9.89 Å². The van der Waals surface area contributed by atoms with Crippen LogP contribution in [0.2, 0.25) is 0 Å². The molecule has 1 aromatic heterocycles. The van der Waals surface area contributed by atoms with Crippen molar-refractivity contribution >= 4 is 28.1 Å². The van der Waals surface area contributed by atoms with Gasteiger partial charge < -0.3 is 9.64 Å². The number of hydrogen-bond acceptors (Lipinski definition) is 5. The van der Waals surface area contributed by atoms with Crippen molar-refractivity contribution < 1.29 is 9.53 Å². The highest BCUT2D eigenvalue weighted by Crippen LogP contribution is 2.13. The average Bonchev–Trinajstić information content (AvgIpc) is 2.95. The number of H-pyrrole nitrogens is 1. The predicted octanol–water partition coefficient (Wildman–Crippen LogP) is 0.688. The van der Waals surface area contributed by atoms with Gasteiger partial charge in [-0.25, -0.2) is 0 Å². The summed E-state index contributed by atoms with van der Waals surface area (Å²) in [6, 6.07) is 7.44. The number of aromatic nitrogens is 3. The third-order valence-corrected chi connectivity index (χ3v) is 4.09. The van der Waals surface area contributed by atoms with Crippen LogP contribution in [0.25, 0.3) is 0 Å². The Hall–Kier alpha value is -2.26. The van der Waals surface area contributed by atoms with Crippen molar-refractivity contribution in [3.63, 3.8) is 0 Å². The van der Waals surface area contributed by atoms with Crippen LogP contribution in [0.1, 0.15) is 16.1 Å². The summed E-state index contributed by atoms with van der Waals surface area (Å²) < 4.78 is 6.03. The number of halogens is 1. The number of hydrogen-bond donors (Lipinski definition) is 1. The smallest absolute Gasteiger partial charge is 0.320 e. The van der Waals surface area contributed by atoms with Crippen LogP contribution in [0.3, 0.4) is 0 Å². The third-order valence-electron chi connectivity index (χ3n) is 3.37. The van der Waals surface area contributed by atoms with Gasteiger partial charge in [0.15, 0.2) is 0 Å². The molecule has 1 aliphatic rings. The Morgan fingerprint density at radius 2 is 2.09 bits per heavy atom. The molecule has 0 spiro atoms. The number of morpholine rings is 1. The Morgan fingerprint density at radius 3 is 2.83 bits per heavy atom. The molecule has 23 heavy (non-hydrogen) atoms. The molecule has 1 saturated heterocycles. The van der Waals surface area contributed by atoms with Crippen LogP contribution in [-0.4, -0.2) is 58.4 Å². The molecule has 3 rings (SSSR count). The quantitative estimate of drug-likeness (QED) is 0.793. The summed E-state index contributed by atoms with van der Waals surface area (Å²) in [6.07, 6.45) is 1.51. The summed E-state index contributed by atoms with van der Waals surface area (Å²) in [5, 5.41) is 10.3. The lowest BCUT2D eigenvalue weighted by molar-refractivity contribution is 0.0298. The Kier molecular flexibility index (Phi) is 4.68. The number of amides is 1. The first-order chi connectivity index (χ1) is 11.2. The maximum absolute atomic E-state index is 12.3. The Balaban J connectivity index is 1.81. The maximum Gasteiger partial charge on any atom is 0.320 e. The number of nitrogens with zero attached hydrogens (tertiary/aromatic N) is 4. The van der Waals surface area contributed by atoms with Crippen LogP contribution in [0.15, 0.2) is 38.6 Å². The number of aromatic amines is 1. The van der Waals surface area contributed by atoms with Crippen molar-refractivity contribution in [2.45, 2.75) is 0 Å². The van der Waals surface area contributed by atoms with Crippen LogP contribution in [0, 0.1) is 0 Å². The number of ether oxygens (including phenoxy) is 1. The number of rotatable bonds is 3. The van der Waals surface area contributed by atoms with Gasteiger partial charge in [0.25, 0.3) is 5.91 Å². The summed E-state index contributed by atoms with van der Waals surface area (Å²) in [6.45, 7) is 1.83. The zero-order chi connectivity index (χ0) is 16.2. The summed E-state index contributed by atoms with van der Waals surface area (Å²) in [5.74, 6) is -0.413. The summed E-state index contributed by atoms with van der Waals surface area (Å²) in [5.41, 5.74) is 0.0519. The summed E-state index contributed by atoms with van der Waals surface area (Å²) >= 11 is 3.39. The fourth-order valence-corrected chi connectivity index (χ4v) is 2.51. The molecule has 1 aliphatic heterocycles. The molecule has 1 fully saturated rings. The van der Waals surface area contributed by atoms with E-state index in [-0.39, 0.29) is 5.69 Å². The minimum Gasteiger partial charge on any atom is -0.378 e. The maximum atomic E-state index is 12.3. The lowest BCUT2D eigenvalue weighted by atomic mass is 10.2. The van der Waals surface area contributed by atoms with Crippen LogP contribution in [-0.2, 0) is 4.74 Å². The van der Waals surface area contributed by atoms with E-state index in [1.54, 1.807) is 4.90 Å². The molecular weight excluding hydrogens is 366 g/mol. The largest absolute Gasteiger partial charge is 0.378 e. The van der Waals surface area contributed by atoms with Gasteiger partial charge in [-0.3, -0.25) is 9.59 Å². The standard InChI is InChI=1S/C14H14BrN5O3/c15-11-4-2-1-3-10(11)9-16-20-14(22)12(17-18-20)13(21)19-5-7-23-8-6-19/h1-4,9,18H,5-8H2. The molecular formula is C14H14BrN5O3. The second-order valence-electron chi connectivity index (χ2n) is 4.85. The SMILES string of the molecule is O=C(c1n[nH]n(N=Cc2ccccc2Br)c1=O)N1CCOCC1. The van der Waals surface area contributed by atoms with E-state index in [1.807, 2.05) is 24.3 Å². The zero-order valence-corrected chi connectivity index (χ0v) is 13.7. The first-order valence-electron chi connectivity index (χ1n) is 7.00. The van der Waals surface area contributed by atoms with Crippen molar-refractivity contribution in [3.05, 3.63) is 50.3 Å². The van der Waals surface area contributed by atoms with Gasteiger partial charge >= 0.3 is 5.56 Å². The van der Waals surface area contributed by atoms with Crippen molar-refractivity contribution in [2.75, 3.05) is 26.3 Å². The van der Waals surface area contributed by atoms with Gasteiger partial charge in [0.1, 0.15) is 0 Å². The van der Waals surface area contributed by atoms with E-state index in [0.29, 0.717) is 26.3 Å². The lowest BCUT2D eigenvalue weighted by Gasteiger charge is -2.25. The van der Waals surface area contributed by atoms with E-state index in [2.05, 4.69) is 31.3 Å². The van der Waals surface area contributed by atoms with Crippen LogP contribution < -0.4 is 5.56 Å². The molecule has 8 nitrogen and oxygen atoms in total. The molecule has 1 N–H and O–H groups in total. The zero-order valence-electron chi connectivity index (χ0n) is 12.1. The van der Waals surface area contributed by atoms with Crippen molar-refractivity contribution in [3.8, 4) is 0 Å². The van der Waals surface area contributed by atoms with Crippen molar-refractivity contribution in [1.82, 2.24) is 20.0 Å². The molecule has 120 valence electrons. The van der Waals surface area contributed by atoms with Gasteiger partial charge in [0, 0.05) is 23.1 Å². The van der Waals surface area contributed by atoms with Gasteiger partial charge in [-0.05, 0) is 6.07 Å². The Labute approximate surface area is 139 Å². The fourth-order valence-electron chi connectivity index (χ4n) is 2.12. The van der Waals surface area contributed by atoms with E-state index < -0.39 is 11.5 Å². The van der Waals surface area contributed by atoms with Gasteiger partial charge in [0.05, 0.1) is 19.4 Å².